The number of hydrogen-bond acceptors (Lipinski definition) is 4. The van der Waals surface area contributed by atoms with Crippen LogP contribution in [0.2, 0.25) is 10.0 Å². The second kappa shape index (κ2) is 9.69. The first kappa shape index (κ1) is 24.5. The lowest BCUT2D eigenvalue weighted by molar-refractivity contribution is -0.137. The van der Waals surface area contributed by atoms with E-state index in [1.54, 1.807) is 12.3 Å². The van der Waals surface area contributed by atoms with Crippen LogP contribution in [0.1, 0.15) is 22.4 Å². The van der Waals surface area contributed by atoms with E-state index in [9.17, 15) is 18.0 Å². The molecule has 36 heavy (non-hydrogen) atoms. The summed E-state index contributed by atoms with van der Waals surface area (Å²) in [5.41, 5.74) is 3.06. The Morgan fingerprint density at radius 1 is 1.03 bits per heavy atom. The Balaban J connectivity index is 1.31. The van der Waals surface area contributed by atoms with Crippen LogP contribution in [-0.4, -0.2) is 26.4 Å². The van der Waals surface area contributed by atoms with E-state index in [0.29, 0.717) is 58.6 Å². The van der Waals surface area contributed by atoms with Gasteiger partial charge >= 0.3 is 6.18 Å². The van der Waals surface area contributed by atoms with E-state index in [1.165, 1.54) is 12.1 Å². The van der Waals surface area contributed by atoms with Gasteiger partial charge in [0.15, 0.2) is 0 Å². The number of pyridine rings is 1. The summed E-state index contributed by atoms with van der Waals surface area (Å²) in [4.78, 5) is 26.7. The molecule has 0 saturated carbocycles. The molecular weight excluding hydrogens is 512 g/mol. The number of nitrogens with one attached hydrogen (secondary N) is 1. The number of alkyl halides is 3. The Morgan fingerprint density at radius 3 is 2.50 bits per heavy atom. The van der Waals surface area contributed by atoms with E-state index in [1.807, 2.05) is 24.3 Å². The summed E-state index contributed by atoms with van der Waals surface area (Å²) in [6, 6.07) is 13.8. The van der Waals surface area contributed by atoms with E-state index in [4.69, 9.17) is 23.2 Å². The minimum Gasteiger partial charge on any atom is -0.306 e. The first-order valence-corrected chi connectivity index (χ1v) is 11.9. The van der Waals surface area contributed by atoms with E-state index >= 15 is 0 Å². The van der Waals surface area contributed by atoms with Crippen molar-refractivity contribution in [3.05, 3.63) is 104 Å². The van der Waals surface area contributed by atoms with Crippen molar-refractivity contribution in [3.63, 3.8) is 0 Å². The number of rotatable bonds is 4. The average molecular weight is 531 g/mol. The lowest BCUT2D eigenvalue weighted by Crippen LogP contribution is -2.35. The van der Waals surface area contributed by atoms with Gasteiger partial charge in [0.2, 0.25) is 0 Å². The smallest absolute Gasteiger partial charge is 0.306 e. The van der Waals surface area contributed by atoms with Crippen molar-refractivity contribution in [1.29, 1.82) is 0 Å². The van der Waals surface area contributed by atoms with Gasteiger partial charge in [-0.05, 0) is 29.8 Å². The third kappa shape index (κ3) is 5.02. The lowest BCUT2D eigenvalue weighted by atomic mass is 10.0. The van der Waals surface area contributed by atoms with Gasteiger partial charge in [0.25, 0.3) is 5.56 Å². The summed E-state index contributed by atoms with van der Waals surface area (Å²) in [7, 11) is 0. The molecule has 0 fully saturated rings. The maximum Gasteiger partial charge on any atom is 0.416 e. The van der Waals surface area contributed by atoms with Gasteiger partial charge in [0.1, 0.15) is 5.82 Å². The maximum absolute atomic E-state index is 12.8. The van der Waals surface area contributed by atoms with Gasteiger partial charge in [0.05, 0.1) is 32.6 Å². The lowest BCUT2D eigenvalue weighted by Gasteiger charge is -2.27. The molecule has 2 aromatic carbocycles. The van der Waals surface area contributed by atoms with Crippen LogP contribution in [0.3, 0.4) is 0 Å². The van der Waals surface area contributed by atoms with Gasteiger partial charge in [-0.3, -0.25) is 14.7 Å². The molecule has 5 nitrogen and oxygen atoms in total. The number of halogens is 5. The second-order valence-corrected chi connectivity index (χ2v) is 9.31. The highest BCUT2D eigenvalue weighted by molar-refractivity contribution is 6.43. The summed E-state index contributed by atoms with van der Waals surface area (Å²) < 4.78 is 38.5. The van der Waals surface area contributed by atoms with Crippen LogP contribution in [0.15, 0.2) is 65.6 Å². The standard InChI is InChI=1S/C26H19Cl2F3N4O/c27-20-3-1-2-18(23(20)28)21-9-4-15(12-32-21)13-35-11-10-22-19(14-35)25(36)34-24(33-22)16-5-7-17(8-6-16)26(29,30)31/h1-9,12H,10-11,13-14H2,(H,33,34,36). The molecule has 5 rings (SSSR count). The zero-order valence-electron chi connectivity index (χ0n) is 18.7. The molecule has 0 saturated heterocycles. The molecule has 0 unspecified atom stereocenters. The van der Waals surface area contributed by atoms with Crippen LogP contribution in [-0.2, 0) is 25.7 Å². The topological polar surface area (TPSA) is 61.9 Å². The van der Waals surface area contributed by atoms with Crippen molar-refractivity contribution in [1.82, 2.24) is 19.9 Å². The van der Waals surface area contributed by atoms with Crippen LogP contribution >= 0.6 is 23.2 Å². The summed E-state index contributed by atoms with van der Waals surface area (Å²) in [5, 5.41) is 0.918. The fourth-order valence-electron chi connectivity index (χ4n) is 4.21. The first-order chi connectivity index (χ1) is 17.2. The molecule has 0 spiro atoms. The summed E-state index contributed by atoms with van der Waals surface area (Å²) >= 11 is 12.4. The third-order valence-corrected chi connectivity index (χ3v) is 6.91. The number of aromatic nitrogens is 3. The number of nitrogens with zero attached hydrogens (tertiary/aromatic N) is 3. The predicted octanol–water partition coefficient (Wildman–Crippen LogP) is 6.38. The predicted molar refractivity (Wildman–Crippen MR) is 133 cm³/mol. The summed E-state index contributed by atoms with van der Waals surface area (Å²) in [5.74, 6) is 0.264. The largest absolute Gasteiger partial charge is 0.416 e. The quantitative estimate of drug-likeness (QED) is 0.332. The van der Waals surface area contributed by atoms with Crippen LogP contribution < -0.4 is 5.56 Å². The van der Waals surface area contributed by atoms with Crippen molar-refractivity contribution in [2.45, 2.75) is 25.7 Å². The normalized spacial score (nSPS) is 14.0. The van der Waals surface area contributed by atoms with Gasteiger partial charge in [-0.2, -0.15) is 13.2 Å². The zero-order valence-corrected chi connectivity index (χ0v) is 20.3. The number of fused-ring (bicyclic) bond motifs is 1. The monoisotopic (exact) mass is 530 g/mol. The highest BCUT2D eigenvalue weighted by Gasteiger charge is 2.30. The summed E-state index contributed by atoms with van der Waals surface area (Å²) in [6.45, 7) is 1.68. The maximum atomic E-state index is 12.8. The molecule has 2 aromatic heterocycles. The van der Waals surface area contributed by atoms with Crippen molar-refractivity contribution in [3.8, 4) is 22.6 Å². The number of H-pyrrole nitrogens is 1. The van der Waals surface area contributed by atoms with Crippen molar-refractivity contribution >= 4 is 23.2 Å². The molecule has 1 N–H and O–H groups in total. The fourth-order valence-corrected chi connectivity index (χ4v) is 4.60. The van der Waals surface area contributed by atoms with Gasteiger partial charge in [-0.25, -0.2) is 4.98 Å². The zero-order chi connectivity index (χ0) is 25.4. The van der Waals surface area contributed by atoms with E-state index in [0.717, 1.165) is 23.3 Å². The minimum atomic E-state index is -4.42. The molecule has 0 bridgehead atoms. The van der Waals surface area contributed by atoms with Gasteiger partial charge in [0, 0.05) is 43.4 Å². The fraction of sp³-hybridized carbons (Fsp3) is 0.192. The van der Waals surface area contributed by atoms with Crippen LogP contribution in [0.4, 0.5) is 13.2 Å². The number of benzene rings is 2. The Morgan fingerprint density at radius 2 is 1.81 bits per heavy atom. The van der Waals surface area contributed by atoms with E-state index < -0.39 is 11.7 Å². The van der Waals surface area contributed by atoms with Gasteiger partial charge in [-0.15, -0.1) is 0 Å². The van der Waals surface area contributed by atoms with E-state index in [-0.39, 0.29) is 11.4 Å². The van der Waals surface area contributed by atoms with Crippen LogP contribution in [0.5, 0.6) is 0 Å². The highest BCUT2D eigenvalue weighted by Crippen LogP contribution is 2.33. The van der Waals surface area contributed by atoms with Crippen molar-refractivity contribution < 1.29 is 13.2 Å². The number of aromatic amines is 1. The van der Waals surface area contributed by atoms with Crippen LogP contribution in [0, 0.1) is 0 Å². The molecular formula is C26H19Cl2F3N4O. The molecule has 10 heteroatoms. The molecule has 4 aromatic rings. The molecule has 3 heterocycles. The van der Waals surface area contributed by atoms with E-state index in [2.05, 4.69) is 19.9 Å². The summed E-state index contributed by atoms with van der Waals surface area (Å²) in [6.07, 6.45) is -2.09. The number of hydrogen-bond donors (Lipinski definition) is 1. The molecule has 0 radical (unpaired) electrons. The van der Waals surface area contributed by atoms with Gasteiger partial charge in [-0.1, -0.05) is 53.5 Å². The average Bonchev–Trinajstić information content (AvgIpc) is 2.86. The molecule has 1 aliphatic rings. The minimum absolute atomic E-state index is 0.264. The second-order valence-electron chi connectivity index (χ2n) is 8.53. The highest BCUT2D eigenvalue weighted by atomic mass is 35.5. The molecule has 0 amide bonds. The Kier molecular flexibility index (Phi) is 6.59. The third-order valence-electron chi connectivity index (χ3n) is 6.09. The van der Waals surface area contributed by atoms with Crippen molar-refractivity contribution in [2.24, 2.45) is 0 Å². The van der Waals surface area contributed by atoms with Crippen LogP contribution in [0.25, 0.3) is 22.6 Å². The molecule has 0 atom stereocenters. The molecule has 0 aliphatic carbocycles. The Labute approximate surface area is 214 Å². The first-order valence-electron chi connectivity index (χ1n) is 11.1. The SMILES string of the molecule is O=c1[nH]c(-c2ccc(C(F)(F)F)cc2)nc2c1CN(Cc1ccc(-c3cccc(Cl)c3Cl)nc1)CC2. The molecule has 1 aliphatic heterocycles. The van der Waals surface area contributed by atoms with Crippen molar-refractivity contribution in [2.75, 3.05) is 6.54 Å². The van der Waals surface area contributed by atoms with Gasteiger partial charge < -0.3 is 4.98 Å². The Bertz CT molecular complexity index is 1470. The Hall–Kier alpha value is -3.20. The molecule has 184 valence electrons.